The van der Waals surface area contributed by atoms with Crippen LogP contribution in [0.1, 0.15) is 91.3 Å². The maximum absolute atomic E-state index is 3.55. The molecule has 0 heteroatoms. The van der Waals surface area contributed by atoms with Gasteiger partial charge in [-0.3, -0.25) is 0 Å². The Hall–Kier alpha value is -4.42. The molecule has 0 atom stereocenters. The highest BCUT2D eigenvalue weighted by Crippen LogP contribution is 2.32. The molecule has 0 radical (unpaired) electrons. The lowest BCUT2D eigenvalue weighted by Gasteiger charge is -2.12. The molecule has 0 saturated carbocycles. The molecule has 0 nitrogen and oxygen atoms in total. The minimum absolute atomic E-state index is 1.25. The fourth-order valence-corrected chi connectivity index (χ4v) is 3.83. The Bertz CT molecular complexity index is 1530. The standard InChI is InChI=1S/C25H22.C8H12.C4H10.C4H8.C4H6.C3H8/c1-17-8-10-21-15-22(13-12-20(21)14-17)23-11-9-19(3)25(16-23)24-7-5-4-6-18(24)2;1-4-6-7-8(3)5-2;3*1-3-4-2;1-3-2/h4-16H,1-3H3;4-7H,1H2,2-3H3;3-4H2,1-2H3;3-4H,1-2H3;3-4H,1-2H2;3H2,1-2H3/b;7-6-,8-5-;;4-3-;;. The average molecular weight is 643 g/mol. The summed E-state index contributed by atoms with van der Waals surface area (Å²) >= 11 is 0. The number of allylic oxidation sites excluding steroid dienone is 9. The van der Waals surface area contributed by atoms with E-state index in [0.717, 1.165) is 0 Å². The largest absolute Gasteiger partial charge is 0.0991 e. The fourth-order valence-electron chi connectivity index (χ4n) is 3.83. The maximum Gasteiger partial charge on any atom is -0.0146 e. The number of hydrogen-bond donors (Lipinski definition) is 0. The lowest BCUT2D eigenvalue weighted by molar-refractivity contribution is 0.886. The molecular weight excluding hydrogens is 577 g/mol. The molecule has 0 aromatic heterocycles. The van der Waals surface area contributed by atoms with Crippen LogP contribution < -0.4 is 0 Å². The van der Waals surface area contributed by atoms with E-state index < -0.39 is 0 Å². The molecule has 48 heavy (non-hydrogen) atoms. The van der Waals surface area contributed by atoms with Gasteiger partial charge < -0.3 is 0 Å². The summed E-state index contributed by atoms with van der Waals surface area (Å²) in [6.07, 6.45) is 18.9. The van der Waals surface area contributed by atoms with Gasteiger partial charge in [0.1, 0.15) is 0 Å². The van der Waals surface area contributed by atoms with E-state index in [-0.39, 0.29) is 0 Å². The normalized spacial score (nSPS) is 10.0. The Morgan fingerprint density at radius 3 is 1.58 bits per heavy atom. The molecule has 4 rings (SSSR count). The van der Waals surface area contributed by atoms with Crippen LogP contribution in [0.3, 0.4) is 0 Å². The third-order valence-electron chi connectivity index (χ3n) is 6.95. The van der Waals surface area contributed by atoms with Crippen molar-refractivity contribution < 1.29 is 0 Å². The van der Waals surface area contributed by atoms with Crippen LogP contribution in [-0.2, 0) is 0 Å². The number of hydrogen-bond acceptors (Lipinski definition) is 0. The van der Waals surface area contributed by atoms with E-state index in [2.05, 4.69) is 160 Å². The third kappa shape index (κ3) is 20.0. The minimum atomic E-state index is 1.25. The summed E-state index contributed by atoms with van der Waals surface area (Å²) in [6, 6.07) is 28.8. The molecule has 0 fully saturated rings. The fraction of sp³-hybridized carbons (Fsp3) is 0.292. The minimum Gasteiger partial charge on any atom is -0.0991 e. The van der Waals surface area contributed by atoms with Gasteiger partial charge in [-0.05, 0) is 105 Å². The summed E-state index contributed by atoms with van der Waals surface area (Å²) in [5, 5.41) is 2.59. The molecule has 0 unspecified atom stereocenters. The zero-order chi connectivity index (χ0) is 36.7. The number of benzene rings is 4. The van der Waals surface area contributed by atoms with Gasteiger partial charge in [0, 0.05) is 0 Å². The number of unbranched alkanes of at least 4 members (excludes halogenated alkanes) is 1. The van der Waals surface area contributed by atoms with Crippen molar-refractivity contribution in [3.8, 4) is 22.3 Å². The molecule has 4 aromatic rings. The van der Waals surface area contributed by atoms with Crippen molar-refractivity contribution in [1.82, 2.24) is 0 Å². The molecule has 4 aromatic carbocycles. The van der Waals surface area contributed by atoms with Crippen molar-refractivity contribution >= 4 is 10.8 Å². The average Bonchev–Trinajstić information content (AvgIpc) is 3.11. The van der Waals surface area contributed by atoms with E-state index in [1.54, 1.807) is 18.2 Å². The Morgan fingerprint density at radius 2 is 1.08 bits per heavy atom. The number of fused-ring (bicyclic) bond motifs is 1. The van der Waals surface area contributed by atoms with Crippen molar-refractivity contribution in [1.29, 1.82) is 0 Å². The Balaban J connectivity index is 0. The Kier molecular flexibility index (Phi) is 28.5. The van der Waals surface area contributed by atoms with Gasteiger partial charge in [0.2, 0.25) is 0 Å². The molecule has 0 heterocycles. The zero-order valence-corrected chi connectivity index (χ0v) is 32.4. The quantitative estimate of drug-likeness (QED) is 0.145. The summed E-state index contributed by atoms with van der Waals surface area (Å²) in [6.45, 7) is 33.5. The van der Waals surface area contributed by atoms with E-state index in [4.69, 9.17) is 0 Å². The molecule has 0 amide bonds. The van der Waals surface area contributed by atoms with Gasteiger partial charge in [0.15, 0.2) is 0 Å². The molecular formula is C48H66. The second-order valence-electron chi connectivity index (χ2n) is 11.4. The lowest BCUT2D eigenvalue weighted by atomic mass is 9.92. The second-order valence-corrected chi connectivity index (χ2v) is 11.4. The number of aryl methyl sites for hydroxylation is 3. The third-order valence-corrected chi connectivity index (χ3v) is 6.95. The van der Waals surface area contributed by atoms with Gasteiger partial charge in [-0.15, -0.1) is 0 Å². The molecule has 0 spiro atoms. The first-order valence-corrected chi connectivity index (χ1v) is 17.5. The van der Waals surface area contributed by atoms with Crippen LogP contribution >= 0.6 is 0 Å². The molecule has 0 aliphatic carbocycles. The van der Waals surface area contributed by atoms with Crippen LogP contribution in [0.5, 0.6) is 0 Å². The summed E-state index contributed by atoms with van der Waals surface area (Å²) < 4.78 is 0. The Labute approximate surface area is 297 Å². The first-order valence-electron chi connectivity index (χ1n) is 17.5. The van der Waals surface area contributed by atoms with E-state index >= 15 is 0 Å². The van der Waals surface area contributed by atoms with Crippen LogP contribution in [0, 0.1) is 20.8 Å². The van der Waals surface area contributed by atoms with Gasteiger partial charge in [0.25, 0.3) is 0 Å². The molecule has 0 aliphatic rings. The first-order chi connectivity index (χ1) is 23.1. The highest BCUT2D eigenvalue weighted by molar-refractivity contribution is 5.88. The van der Waals surface area contributed by atoms with E-state index in [1.807, 2.05) is 45.1 Å². The van der Waals surface area contributed by atoms with Crippen molar-refractivity contribution in [2.45, 2.75) is 95.4 Å². The van der Waals surface area contributed by atoms with Crippen LogP contribution in [0.4, 0.5) is 0 Å². The van der Waals surface area contributed by atoms with Crippen LogP contribution in [0.25, 0.3) is 33.0 Å². The molecule has 0 N–H and O–H groups in total. The van der Waals surface area contributed by atoms with E-state index in [0.29, 0.717) is 0 Å². The van der Waals surface area contributed by atoms with Crippen molar-refractivity contribution in [2.75, 3.05) is 0 Å². The van der Waals surface area contributed by atoms with Crippen LogP contribution in [0.2, 0.25) is 0 Å². The van der Waals surface area contributed by atoms with Gasteiger partial charge >= 0.3 is 0 Å². The second kappa shape index (κ2) is 29.9. The molecule has 258 valence electrons. The predicted octanol–water partition coefficient (Wildman–Crippen LogP) is 16.0. The molecule has 0 aliphatic heterocycles. The SMILES string of the molecule is C/C=C\C.C=C/C=C\C(C)=C/C.C=CC=C.CCC.CCCC.Cc1ccc2cc(-c3ccc(C)c(-c4ccccc4C)c3)ccc2c1. The summed E-state index contributed by atoms with van der Waals surface area (Å²) in [5.74, 6) is 0. The monoisotopic (exact) mass is 643 g/mol. The van der Waals surface area contributed by atoms with Crippen molar-refractivity contribution in [3.63, 3.8) is 0 Å². The van der Waals surface area contributed by atoms with Crippen LogP contribution in [0.15, 0.2) is 153 Å². The maximum atomic E-state index is 3.55. The topological polar surface area (TPSA) is 0 Å². The van der Waals surface area contributed by atoms with Crippen molar-refractivity contribution in [3.05, 3.63) is 169 Å². The van der Waals surface area contributed by atoms with E-state index in [9.17, 15) is 0 Å². The van der Waals surface area contributed by atoms with Gasteiger partial charge in [-0.2, -0.15) is 0 Å². The Morgan fingerprint density at radius 1 is 0.583 bits per heavy atom. The van der Waals surface area contributed by atoms with E-state index in [1.165, 1.54) is 74.6 Å². The van der Waals surface area contributed by atoms with Gasteiger partial charge in [0.05, 0.1) is 0 Å². The first kappa shape index (κ1) is 45.7. The predicted molar refractivity (Wildman–Crippen MR) is 225 cm³/mol. The summed E-state index contributed by atoms with van der Waals surface area (Å²) in [7, 11) is 0. The van der Waals surface area contributed by atoms with Crippen LogP contribution in [-0.4, -0.2) is 0 Å². The zero-order valence-electron chi connectivity index (χ0n) is 32.4. The van der Waals surface area contributed by atoms with Gasteiger partial charge in [-0.25, -0.2) is 0 Å². The van der Waals surface area contributed by atoms with Gasteiger partial charge in [-0.1, -0.05) is 193 Å². The number of rotatable bonds is 6. The highest BCUT2D eigenvalue weighted by atomic mass is 14.1. The van der Waals surface area contributed by atoms with Crippen molar-refractivity contribution in [2.24, 2.45) is 0 Å². The molecule has 0 bridgehead atoms. The summed E-state index contributed by atoms with van der Waals surface area (Å²) in [5.41, 5.74) is 10.4. The smallest absolute Gasteiger partial charge is 0.0146 e. The summed E-state index contributed by atoms with van der Waals surface area (Å²) in [4.78, 5) is 0. The highest BCUT2D eigenvalue weighted by Gasteiger charge is 2.08. The molecule has 0 saturated heterocycles. The lowest BCUT2D eigenvalue weighted by Crippen LogP contribution is -1.88.